The molecular formula is C25H33ClN2O2. The molecule has 2 amide bonds. The highest BCUT2D eigenvalue weighted by molar-refractivity contribution is 6.31. The van der Waals surface area contributed by atoms with E-state index in [1.807, 2.05) is 82.3 Å². The summed E-state index contributed by atoms with van der Waals surface area (Å²) in [5, 5.41) is 3.70. The van der Waals surface area contributed by atoms with Crippen molar-refractivity contribution in [2.24, 2.45) is 0 Å². The fourth-order valence-corrected chi connectivity index (χ4v) is 3.67. The quantitative estimate of drug-likeness (QED) is 0.608. The lowest BCUT2D eigenvalue weighted by Gasteiger charge is -2.33. The molecule has 0 unspecified atom stereocenters. The Labute approximate surface area is 185 Å². The van der Waals surface area contributed by atoms with Crippen molar-refractivity contribution in [2.75, 3.05) is 6.54 Å². The molecule has 0 fully saturated rings. The molecule has 0 bridgehead atoms. The average Bonchev–Trinajstić information content (AvgIpc) is 2.69. The number of rotatable bonds is 9. The third-order valence-corrected chi connectivity index (χ3v) is 5.30. The lowest BCUT2D eigenvalue weighted by Crippen LogP contribution is -2.54. The van der Waals surface area contributed by atoms with E-state index in [0.717, 1.165) is 11.1 Å². The van der Waals surface area contributed by atoms with Crippen LogP contribution in [0.5, 0.6) is 0 Å². The first kappa shape index (κ1) is 23.9. The predicted octanol–water partition coefficient (Wildman–Crippen LogP) is 5.04. The molecule has 0 spiro atoms. The van der Waals surface area contributed by atoms with E-state index in [2.05, 4.69) is 5.32 Å². The maximum atomic E-state index is 13.2. The number of nitrogens with zero attached hydrogens (tertiary/aromatic N) is 1. The molecule has 0 saturated carbocycles. The first-order valence-electron chi connectivity index (χ1n) is 10.6. The SMILES string of the molecule is CC[C@H](C(=O)NC(C)(C)C)N(CCc1ccccc1)C(=O)CCc1ccccc1Cl. The van der Waals surface area contributed by atoms with Gasteiger partial charge in [0.25, 0.3) is 0 Å². The molecule has 2 aromatic rings. The Hall–Kier alpha value is -2.33. The standard InChI is InChI=1S/C25H33ClN2O2/c1-5-22(24(30)27-25(2,3)4)28(18-17-19-11-7-6-8-12-19)23(29)16-15-20-13-9-10-14-21(20)26/h6-14,22H,5,15-18H2,1-4H3,(H,27,30)/t22-/m1/s1. The van der Waals surface area contributed by atoms with Crippen LogP contribution in [0.1, 0.15) is 51.7 Å². The third-order valence-electron chi connectivity index (χ3n) is 4.93. The van der Waals surface area contributed by atoms with Gasteiger partial charge in [-0.05, 0) is 57.2 Å². The van der Waals surface area contributed by atoms with Gasteiger partial charge in [0.2, 0.25) is 11.8 Å². The van der Waals surface area contributed by atoms with E-state index in [4.69, 9.17) is 11.6 Å². The molecule has 0 radical (unpaired) electrons. The second kappa shape index (κ2) is 11.2. The van der Waals surface area contributed by atoms with Crippen LogP contribution in [-0.4, -0.2) is 34.8 Å². The smallest absolute Gasteiger partial charge is 0.243 e. The molecule has 0 aliphatic rings. The van der Waals surface area contributed by atoms with Gasteiger partial charge in [0.1, 0.15) is 6.04 Å². The van der Waals surface area contributed by atoms with Gasteiger partial charge >= 0.3 is 0 Å². The highest BCUT2D eigenvalue weighted by Crippen LogP contribution is 2.18. The number of aryl methyl sites for hydroxylation is 1. The Bertz CT molecular complexity index is 831. The summed E-state index contributed by atoms with van der Waals surface area (Å²) in [5.41, 5.74) is 1.74. The van der Waals surface area contributed by atoms with E-state index >= 15 is 0 Å². The van der Waals surface area contributed by atoms with E-state index in [0.29, 0.717) is 37.3 Å². The number of benzene rings is 2. The lowest BCUT2D eigenvalue weighted by atomic mass is 10.0. The van der Waals surface area contributed by atoms with Gasteiger partial charge in [-0.2, -0.15) is 0 Å². The van der Waals surface area contributed by atoms with Crippen LogP contribution < -0.4 is 5.32 Å². The average molecular weight is 429 g/mol. The minimum Gasteiger partial charge on any atom is -0.350 e. The largest absolute Gasteiger partial charge is 0.350 e. The monoisotopic (exact) mass is 428 g/mol. The lowest BCUT2D eigenvalue weighted by molar-refractivity contribution is -0.141. The summed E-state index contributed by atoms with van der Waals surface area (Å²) in [6.07, 6.45) is 2.14. The summed E-state index contributed by atoms with van der Waals surface area (Å²) in [7, 11) is 0. The molecule has 1 N–H and O–H groups in total. The second-order valence-electron chi connectivity index (χ2n) is 8.58. The number of hydrogen-bond acceptors (Lipinski definition) is 2. The Morgan fingerprint density at radius 3 is 2.23 bits per heavy atom. The number of halogens is 1. The van der Waals surface area contributed by atoms with Gasteiger partial charge in [0.05, 0.1) is 0 Å². The molecule has 2 rings (SSSR count). The minimum atomic E-state index is -0.494. The Morgan fingerprint density at radius 2 is 1.63 bits per heavy atom. The van der Waals surface area contributed by atoms with Crippen molar-refractivity contribution < 1.29 is 9.59 Å². The van der Waals surface area contributed by atoms with Gasteiger partial charge in [-0.3, -0.25) is 9.59 Å². The van der Waals surface area contributed by atoms with Crippen LogP contribution in [0.2, 0.25) is 5.02 Å². The van der Waals surface area contributed by atoms with Crippen molar-refractivity contribution in [2.45, 2.75) is 65.0 Å². The third kappa shape index (κ3) is 7.49. The second-order valence-corrected chi connectivity index (χ2v) is 8.98. The fraction of sp³-hybridized carbons (Fsp3) is 0.440. The van der Waals surface area contributed by atoms with E-state index < -0.39 is 6.04 Å². The normalized spacial score (nSPS) is 12.3. The van der Waals surface area contributed by atoms with Crippen molar-refractivity contribution in [3.05, 3.63) is 70.7 Å². The van der Waals surface area contributed by atoms with E-state index in [-0.39, 0.29) is 17.4 Å². The van der Waals surface area contributed by atoms with Crippen LogP contribution in [0.4, 0.5) is 0 Å². The molecule has 0 aromatic heterocycles. The molecule has 1 atom stereocenters. The highest BCUT2D eigenvalue weighted by Gasteiger charge is 2.30. The van der Waals surface area contributed by atoms with Crippen LogP contribution in [0, 0.1) is 0 Å². The summed E-state index contributed by atoms with van der Waals surface area (Å²) in [4.78, 5) is 27.9. The van der Waals surface area contributed by atoms with E-state index in [1.165, 1.54) is 0 Å². The zero-order valence-corrected chi connectivity index (χ0v) is 19.2. The van der Waals surface area contributed by atoms with E-state index in [9.17, 15) is 9.59 Å². The van der Waals surface area contributed by atoms with Crippen LogP contribution in [0.3, 0.4) is 0 Å². The summed E-state index contributed by atoms with van der Waals surface area (Å²) < 4.78 is 0. The van der Waals surface area contributed by atoms with Crippen LogP contribution in [-0.2, 0) is 22.4 Å². The number of carbonyl (C=O) groups is 2. The van der Waals surface area contributed by atoms with Gasteiger partial charge in [0.15, 0.2) is 0 Å². The molecule has 2 aromatic carbocycles. The summed E-state index contributed by atoms with van der Waals surface area (Å²) in [6, 6.07) is 17.1. The molecule has 30 heavy (non-hydrogen) atoms. The van der Waals surface area contributed by atoms with Crippen molar-refractivity contribution >= 4 is 23.4 Å². The first-order chi connectivity index (χ1) is 14.2. The molecule has 0 saturated heterocycles. The van der Waals surface area contributed by atoms with Crippen LogP contribution >= 0.6 is 11.6 Å². The van der Waals surface area contributed by atoms with Gasteiger partial charge in [-0.25, -0.2) is 0 Å². The van der Waals surface area contributed by atoms with E-state index in [1.54, 1.807) is 4.90 Å². The topological polar surface area (TPSA) is 49.4 Å². The number of nitrogens with one attached hydrogen (secondary N) is 1. The summed E-state index contributed by atoms with van der Waals surface area (Å²) >= 11 is 6.25. The molecular weight excluding hydrogens is 396 g/mol. The Kier molecular flexibility index (Phi) is 8.91. The molecule has 5 heteroatoms. The highest BCUT2D eigenvalue weighted by atomic mass is 35.5. The molecule has 0 aliphatic carbocycles. The van der Waals surface area contributed by atoms with Gasteiger partial charge in [0, 0.05) is 23.5 Å². The molecule has 162 valence electrons. The zero-order valence-electron chi connectivity index (χ0n) is 18.5. The van der Waals surface area contributed by atoms with Crippen molar-refractivity contribution in [1.82, 2.24) is 10.2 Å². The van der Waals surface area contributed by atoms with Gasteiger partial charge in [-0.15, -0.1) is 0 Å². The number of carbonyl (C=O) groups excluding carboxylic acids is 2. The molecule has 0 heterocycles. The van der Waals surface area contributed by atoms with Crippen LogP contribution in [0.15, 0.2) is 54.6 Å². The summed E-state index contributed by atoms with van der Waals surface area (Å²) in [6.45, 7) is 8.30. The number of amides is 2. The van der Waals surface area contributed by atoms with Gasteiger partial charge in [-0.1, -0.05) is 67.1 Å². The van der Waals surface area contributed by atoms with Gasteiger partial charge < -0.3 is 10.2 Å². The number of hydrogen-bond donors (Lipinski definition) is 1. The van der Waals surface area contributed by atoms with Crippen LogP contribution in [0.25, 0.3) is 0 Å². The minimum absolute atomic E-state index is 0.0261. The zero-order chi connectivity index (χ0) is 22.1. The van der Waals surface area contributed by atoms with Crippen molar-refractivity contribution in [1.29, 1.82) is 0 Å². The summed E-state index contributed by atoms with van der Waals surface area (Å²) in [5.74, 6) is -0.133. The first-order valence-corrected chi connectivity index (χ1v) is 11.0. The maximum Gasteiger partial charge on any atom is 0.243 e. The molecule has 0 aliphatic heterocycles. The predicted molar refractivity (Wildman–Crippen MR) is 124 cm³/mol. The fourth-order valence-electron chi connectivity index (χ4n) is 3.44. The Morgan fingerprint density at radius 1 is 1.00 bits per heavy atom. The van der Waals surface area contributed by atoms with Crippen molar-refractivity contribution in [3.8, 4) is 0 Å². The molecule has 4 nitrogen and oxygen atoms in total. The van der Waals surface area contributed by atoms with Crippen molar-refractivity contribution in [3.63, 3.8) is 0 Å². The maximum absolute atomic E-state index is 13.2. The Balaban J connectivity index is 2.16.